The van der Waals surface area contributed by atoms with E-state index in [4.69, 9.17) is 16.6 Å². The number of carboxylic acid groups (broad SMARTS) is 2. The Hall–Kier alpha value is -4.25. The Morgan fingerprint density at radius 3 is 2.75 bits per heavy atom. The fraction of sp³-hybridized carbons (Fsp3) is 0.263. The fourth-order valence-electron chi connectivity index (χ4n) is 3.54. The number of hydrogen-bond donors (Lipinski definition) is 5. The van der Waals surface area contributed by atoms with Crippen molar-refractivity contribution in [2.24, 2.45) is 5.16 Å². The normalized spacial score (nSPS) is 19.4. The van der Waals surface area contributed by atoms with Crippen molar-refractivity contribution in [3.63, 3.8) is 0 Å². The summed E-state index contributed by atoms with van der Waals surface area (Å²) in [7, 11) is 0. The standard InChI is InChI=1S/C19H18N8O7S2/c20-9-2-1-3-26(5-9)4-8-7-35-17-12(16(31)27(17)13(8)18(32)33)22-15(30)11(24-34-6-10(28)29)14-23-19(21)36-25-14/h1-3,5,12,17H,4,6-7,20H2,(H4-,21,22,23,25,28,29,30,32,33)/p+1/t12?,17-/m0/s1. The molecule has 4 rings (SSSR count). The van der Waals surface area contributed by atoms with Crippen molar-refractivity contribution in [2.75, 3.05) is 23.8 Å². The quantitative estimate of drug-likeness (QED) is 0.104. The van der Waals surface area contributed by atoms with E-state index in [1.807, 2.05) is 0 Å². The number of aromatic nitrogens is 3. The Bertz CT molecular complexity index is 1310. The van der Waals surface area contributed by atoms with Crippen LogP contribution in [0, 0.1) is 0 Å². The predicted octanol–water partition coefficient (Wildman–Crippen LogP) is -1.77. The van der Waals surface area contributed by atoms with Crippen LogP contribution in [0.3, 0.4) is 0 Å². The van der Waals surface area contributed by atoms with Crippen molar-refractivity contribution in [2.45, 2.75) is 18.0 Å². The SMILES string of the molecule is Nc1ccc[n+](CC2=C(C(=O)O)N3C(=O)C(NC(=O)C(=NOCC(=O)O)c4nsc(N)n4)[C@@H]3SC2)c1. The van der Waals surface area contributed by atoms with Crippen LogP contribution in [0.4, 0.5) is 10.8 Å². The third-order valence-electron chi connectivity index (χ3n) is 5.00. The van der Waals surface area contributed by atoms with Crippen molar-refractivity contribution < 1.29 is 38.8 Å². The highest BCUT2D eigenvalue weighted by Crippen LogP contribution is 2.40. The molecule has 36 heavy (non-hydrogen) atoms. The topological polar surface area (TPSA) is 227 Å². The van der Waals surface area contributed by atoms with Gasteiger partial charge in [0.15, 0.2) is 24.1 Å². The smallest absolute Gasteiger partial charge is 0.352 e. The molecular formula is C19H19N8O7S2+. The van der Waals surface area contributed by atoms with Crippen LogP contribution in [0.1, 0.15) is 5.82 Å². The predicted molar refractivity (Wildman–Crippen MR) is 125 cm³/mol. The number of carbonyl (C=O) groups excluding carboxylic acids is 2. The zero-order chi connectivity index (χ0) is 26.0. The second kappa shape index (κ2) is 10.2. The Balaban J connectivity index is 1.53. The number of fused-ring (bicyclic) bond motifs is 1. The first-order valence-corrected chi connectivity index (χ1v) is 11.9. The van der Waals surface area contributed by atoms with Crippen molar-refractivity contribution in [3.05, 3.63) is 41.6 Å². The zero-order valence-corrected chi connectivity index (χ0v) is 19.9. The summed E-state index contributed by atoms with van der Waals surface area (Å²) < 4.78 is 5.58. The van der Waals surface area contributed by atoms with Gasteiger partial charge in [0.05, 0.1) is 5.69 Å². The summed E-state index contributed by atoms with van der Waals surface area (Å²) in [5.41, 5.74) is 11.7. The number of oxime groups is 1. The number of anilines is 2. The second-order valence-electron chi connectivity index (χ2n) is 7.49. The monoisotopic (exact) mass is 535 g/mol. The molecule has 0 bridgehead atoms. The molecular weight excluding hydrogens is 516 g/mol. The van der Waals surface area contributed by atoms with Crippen LogP contribution in [0.25, 0.3) is 0 Å². The molecule has 2 aliphatic heterocycles. The van der Waals surface area contributed by atoms with Crippen LogP contribution in [-0.2, 0) is 30.6 Å². The number of aliphatic carboxylic acids is 2. The van der Waals surface area contributed by atoms with Gasteiger partial charge in [-0.15, -0.1) is 11.8 Å². The van der Waals surface area contributed by atoms with Gasteiger partial charge in [-0.2, -0.15) is 13.9 Å². The maximum absolute atomic E-state index is 12.9. The minimum atomic E-state index is -1.33. The first kappa shape index (κ1) is 24.9. The number of nitrogens with two attached hydrogens (primary N) is 2. The third-order valence-corrected chi connectivity index (χ3v) is 6.89. The highest BCUT2D eigenvalue weighted by molar-refractivity contribution is 8.00. The number of amides is 2. The fourth-order valence-corrected chi connectivity index (χ4v) is 5.31. The Morgan fingerprint density at radius 2 is 2.11 bits per heavy atom. The van der Waals surface area contributed by atoms with Gasteiger partial charge in [0.1, 0.15) is 17.1 Å². The van der Waals surface area contributed by atoms with Crippen molar-refractivity contribution in [1.29, 1.82) is 0 Å². The molecule has 188 valence electrons. The van der Waals surface area contributed by atoms with E-state index in [-0.39, 0.29) is 29.0 Å². The summed E-state index contributed by atoms with van der Waals surface area (Å²) in [6.07, 6.45) is 3.38. The summed E-state index contributed by atoms with van der Waals surface area (Å²) in [6.45, 7) is -0.618. The summed E-state index contributed by atoms with van der Waals surface area (Å²) in [6, 6.07) is 2.35. The molecule has 0 saturated carbocycles. The zero-order valence-electron chi connectivity index (χ0n) is 18.2. The summed E-state index contributed by atoms with van der Waals surface area (Å²) in [5.74, 6) is -4.08. The Morgan fingerprint density at radius 1 is 1.33 bits per heavy atom. The number of nitrogens with zero attached hydrogens (tertiary/aromatic N) is 5. The molecule has 0 aliphatic carbocycles. The summed E-state index contributed by atoms with van der Waals surface area (Å²) in [5, 5.41) is 23.9. The highest BCUT2D eigenvalue weighted by atomic mass is 32.2. The number of rotatable bonds is 9. The van der Waals surface area contributed by atoms with E-state index in [9.17, 15) is 24.3 Å². The van der Waals surface area contributed by atoms with E-state index in [0.29, 0.717) is 11.3 Å². The Kier molecular flexibility index (Phi) is 7.02. The first-order chi connectivity index (χ1) is 17.2. The van der Waals surface area contributed by atoms with Gasteiger partial charge >= 0.3 is 11.9 Å². The molecule has 0 aromatic carbocycles. The van der Waals surface area contributed by atoms with Crippen LogP contribution in [-0.4, -0.2) is 77.7 Å². The molecule has 2 aromatic rings. The van der Waals surface area contributed by atoms with Gasteiger partial charge in [-0.05, 0) is 6.07 Å². The summed E-state index contributed by atoms with van der Waals surface area (Å²) >= 11 is 2.06. The number of thioether (sulfide) groups is 1. The van der Waals surface area contributed by atoms with E-state index in [0.717, 1.165) is 16.4 Å². The lowest BCUT2D eigenvalue weighted by atomic mass is 10.0. The molecule has 7 N–H and O–H groups in total. The number of nitrogen functional groups attached to an aromatic ring is 2. The van der Waals surface area contributed by atoms with Gasteiger partial charge in [-0.25, -0.2) is 9.59 Å². The van der Waals surface area contributed by atoms with Crippen LogP contribution in [0.2, 0.25) is 0 Å². The molecule has 2 atom stereocenters. The van der Waals surface area contributed by atoms with Crippen LogP contribution >= 0.6 is 23.3 Å². The van der Waals surface area contributed by atoms with E-state index < -0.39 is 47.5 Å². The average molecular weight is 536 g/mol. The van der Waals surface area contributed by atoms with Gasteiger partial charge in [0.25, 0.3) is 11.8 Å². The number of hydrogen-bond acceptors (Lipinski definition) is 12. The number of pyridine rings is 1. The van der Waals surface area contributed by atoms with E-state index in [1.165, 1.54) is 11.8 Å². The lowest BCUT2D eigenvalue weighted by molar-refractivity contribution is -0.688. The van der Waals surface area contributed by atoms with Gasteiger partial charge < -0.3 is 31.8 Å². The Labute approximate surface area is 210 Å². The molecule has 2 aromatic heterocycles. The van der Waals surface area contributed by atoms with Crippen molar-refractivity contribution in [1.82, 2.24) is 19.6 Å². The first-order valence-electron chi connectivity index (χ1n) is 10.1. The molecule has 1 fully saturated rings. The number of nitrogens with one attached hydrogen (secondary N) is 1. The molecule has 0 spiro atoms. The average Bonchev–Trinajstić information content (AvgIpc) is 3.25. The maximum Gasteiger partial charge on any atom is 0.352 e. The van der Waals surface area contributed by atoms with Gasteiger partial charge in [-0.1, -0.05) is 5.16 Å². The highest BCUT2D eigenvalue weighted by Gasteiger charge is 2.54. The lowest BCUT2D eigenvalue weighted by Crippen LogP contribution is -2.71. The van der Waals surface area contributed by atoms with Crippen molar-refractivity contribution in [3.8, 4) is 0 Å². The minimum Gasteiger partial charge on any atom is -0.479 e. The van der Waals surface area contributed by atoms with Crippen molar-refractivity contribution >= 4 is 63.6 Å². The number of carboxylic acids is 2. The van der Waals surface area contributed by atoms with Crippen LogP contribution in [0.15, 0.2) is 41.0 Å². The largest absolute Gasteiger partial charge is 0.479 e. The number of β-lactam (4-membered cyclic amide) rings is 1. The minimum absolute atomic E-state index is 0.0271. The third kappa shape index (κ3) is 5.05. The van der Waals surface area contributed by atoms with E-state index in [1.54, 1.807) is 29.1 Å². The molecule has 0 radical (unpaired) electrons. The molecule has 1 saturated heterocycles. The second-order valence-corrected chi connectivity index (χ2v) is 9.38. The van der Waals surface area contributed by atoms with Crippen LogP contribution < -0.4 is 21.4 Å². The van der Waals surface area contributed by atoms with Crippen LogP contribution in [0.5, 0.6) is 0 Å². The number of carbonyl (C=O) groups is 4. The summed E-state index contributed by atoms with van der Waals surface area (Å²) in [4.78, 5) is 58.2. The van der Waals surface area contributed by atoms with E-state index >= 15 is 0 Å². The molecule has 1 unspecified atom stereocenters. The van der Waals surface area contributed by atoms with E-state index in [2.05, 4.69) is 24.7 Å². The molecule has 2 aliphatic rings. The van der Waals surface area contributed by atoms with Gasteiger partial charge in [-0.3, -0.25) is 14.5 Å². The van der Waals surface area contributed by atoms with Gasteiger partial charge in [0, 0.05) is 28.9 Å². The molecule has 4 heterocycles. The molecule has 17 heteroatoms. The molecule has 2 amide bonds. The lowest BCUT2D eigenvalue weighted by Gasteiger charge is -2.49. The maximum atomic E-state index is 12.9. The van der Waals surface area contributed by atoms with Gasteiger partial charge in [0.2, 0.25) is 18.1 Å². The molecule has 15 nitrogen and oxygen atoms in total.